The summed E-state index contributed by atoms with van der Waals surface area (Å²) in [6.45, 7) is 4.73. The van der Waals surface area contributed by atoms with Gasteiger partial charge in [0.05, 0.1) is 11.4 Å². The van der Waals surface area contributed by atoms with Crippen molar-refractivity contribution in [2.24, 2.45) is 0 Å². The quantitative estimate of drug-likeness (QED) is 0.181. The van der Waals surface area contributed by atoms with Crippen LogP contribution in [0.2, 0.25) is 0 Å². The fourth-order valence-corrected chi connectivity index (χ4v) is 8.47. The van der Waals surface area contributed by atoms with Crippen molar-refractivity contribution >= 4 is 21.5 Å². The van der Waals surface area contributed by atoms with Crippen molar-refractivity contribution in [2.75, 3.05) is 0 Å². The molecule has 0 atom stereocenters. The molecule has 0 N–H and O–H groups in total. The van der Waals surface area contributed by atoms with Crippen LogP contribution in [0.5, 0.6) is 0 Å². The lowest BCUT2D eigenvalue weighted by molar-refractivity contribution is 0.666. The van der Waals surface area contributed by atoms with E-state index in [1.54, 1.807) is 0 Å². The number of aromatic nitrogens is 2. The average molecular weight is 677 g/mol. The largest absolute Gasteiger partial charge is 0.228 e. The Hall–Kier alpha value is -6.64. The van der Waals surface area contributed by atoms with E-state index in [0.29, 0.717) is 5.82 Å². The van der Waals surface area contributed by atoms with Gasteiger partial charge in [-0.25, -0.2) is 9.97 Å². The molecule has 2 nitrogen and oxygen atoms in total. The molecule has 0 fully saturated rings. The zero-order chi connectivity index (χ0) is 35.5. The van der Waals surface area contributed by atoms with Crippen molar-refractivity contribution in [1.29, 1.82) is 0 Å². The SMILES string of the molecule is CC1(C)c2ccc(-c3ccc(-c4cc(-c5ccc(-c6ccccc6)cc5)nc(-c5ccccc5)n4)c4ccccc34)cc2-c2ccc3ccccc3c21. The van der Waals surface area contributed by atoms with Gasteiger partial charge in [0.25, 0.3) is 0 Å². The number of rotatable bonds is 5. The Balaban J connectivity index is 1.11. The summed E-state index contributed by atoms with van der Waals surface area (Å²) in [4.78, 5) is 10.3. The van der Waals surface area contributed by atoms with Crippen molar-refractivity contribution in [1.82, 2.24) is 9.97 Å². The summed E-state index contributed by atoms with van der Waals surface area (Å²) < 4.78 is 0. The molecule has 1 aliphatic rings. The van der Waals surface area contributed by atoms with Gasteiger partial charge in [-0.1, -0.05) is 184 Å². The van der Waals surface area contributed by atoms with Crippen LogP contribution in [0.25, 0.3) is 88.8 Å². The van der Waals surface area contributed by atoms with Crippen LogP contribution < -0.4 is 0 Å². The molecule has 0 saturated carbocycles. The Kier molecular flexibility index (Phi) is 7.19. The molecule has 0 aliphatic heterocycles. The third-order valence-corrected chi connectivity index (χ3v) is 11.1. The normalized spacial score (nSPS) is 12.9. The zero-order valence-corrected chi connectivity index (χ0v) is 29.7. The molecule has 1 heterocycles. The van der Waals surface area contributed by atoms with E-state index in [0.717, 1.165) is 28.1 Å². The fraction of sp³-hybridized carbons (Fsp3) is 0.0588. The molecular weight excluding hydrogens is 641 g/mol. The van der Waals surface area contributed by atoms with Crippen LogP contribution in [0.3, 0.4) is 0 Å². The van der Waals surface area contributed by atoms with E-state index >= 15 is 0 Å². The zero-order valence-electron chi connectivity index (χ0n) is 29.7. The molecule has 0 saturated heterocycles. The predicted molar refractivity (Wildman–Crippen MR) is 222 cm³/mol. The average Bonchev–Trinajstić information content (AvgIpc) is 3.46. The third kappa shape index (κ3) is 5.18. The first kappa shape index (κ1) is 31.1. The molecule has 0 amide bonds. The number of hydrogen-bond donors (Lipinski definition) is 0. The van der Waals surface area contributed by atoms with E-state index in [1.807, 2.05) is 18.2 Å². The molecule has 0 bridgehead atoms. The van der Waals surface area contributed by atoms with E-state index in [9.17, 15) is 0 Å². The molecule has 10 rings (SSSR count). The van der Waals surface area contributed by atoms with Crippen molar-refractivity contribution < 1.29 is 0 Å². The summed E-state index contributed by atoms with van der Waals surface area (Å²) >= 11 is 0. The monoisotopic (exact) mass is 676 g/mol. The molecule has 1 aliphatic carbocycles. The van der Waals surface area contributed by atoms with Gasteiger partial charge in [0.15, 0.2) is 5.82 Å². The summed E-state index contributed by atoms with van der Waals surface area (Å²) in [5, 5.41) is 5.00. The Morgan fingerprint density at radius 3 is 1.66 bits per heavy atom. The molecule has 1 aromatic heterocycles. The molecule has 250 valence electrons. The Morgan fingerprint density at radius 2 is 0.906 bits per heavy atom. The lowest BCUT2D eigenvalue weighted by Crippen LogP contribution is -2.15. The highest BCUT2D eigenvalue weighted by Crippen LogP contribution is 2.52. The van der Waals surface area contributed by atoms with Crippen LogP contribution >= 0.6 is 0 Å². The minimum absolute atomic E-state index is 0.0843. The number of nitrogens with zero attached hydrogens (tertiary/aromatic N) is 2. The van der Waals surface area contributed by atoms with Gasteiger partial charge in [-0.3, -0.25) is 0 Å². The van der Waals surface area contributed by atoms with E-state index in [-0.39, 0.29) is 5.41 Å². The van der Waals surface area contributed by atoms with E-state index in [1.165, 1.54) is 66.1 Å². The number of fused-ring (bicyclic) bond motifs is 6. The molecule has 8 aromatic carbocycles. The van der Waals surface area contributed by atoms with Gasteiger partial charge in [-0.2, -0.15) is 0 Å². The molecular formula is C51H36N2. The van der Waals surface area contributed by atoms with E-state index < -0.39 is 0 Å². The first-order chi connectivity index (χ1) is 26.0. The molecule has 53 heavy (non-hydrogen) atoms. The Labute approximate surface area is 310 Å². The lowest BCUT2D eigenvalue weighted by Gasteiger charge is -2.23. The molecule has 0 spiro atoms. The molecule has 0 unspecified atom stereocenters. The number of benzene rings is 8. The maximum absolute atomic E-state index is 5.22. The minimum atomic E-state index is -0.0843. The summed E-state index contributed by atoms with van der Waals surface area (Å²) in [5.74, 6) is 0.714. The topological polar surface area (TPSA) is 25.8 Å². The smallest absolute Gasteiger partial charge is 0.160 e. The molecule has 9 aromatic rings. The predicted octanol–water partition coefficient (Wildman–Crippen LogP) is 13.4. The van der Waals surface area contributed by atoms with Crippen LogP contribution in [0.1, 0.15) is 25.0 Å². The van der Waals surface area contributed by atoms with Gasteiger partial charge < -0.3 is 0 Å². The van der Waals surface area contributed by atoms with Crippen LogP contribution in [0.4, 0.5) is 0 Å². The van der Waals surface area contributed by atoms with Gasteiger partial charge in [0, 0.05) is 22.1 Å². The number of hydrogen-bond acceptors (Lipinski definition) is 2. The minimum Gasteiger partial charge on any atom is -0.228 e. The lowest BCUT2D eigenvalue weighted by atomic mass is 9.80. The van der Waals surface area contributed by atoms with Crippen molar-refractivity contribution in [2.45, 2.75) is 19.3 Å². The van der Waals surface area contributed by atoms with Gasteiger partial charge in [0.2, 0.25) is 0 Å². The van der Waals surface area contributed by atoms with E-state index in [4.69, 9.17) is 9.97 Å². The first-order valence-electron chi connectivity index (χ1n) is 18.3. The second-order valence-electron chi connectivity index (χ2n) is 14.6. The highest BCUT2D eigenvalue weighted by molar-refractivity contribution is 6.06. The molecule has 2 heteroatoms. The van der Waals surface area contributed by atoms with Gasteiger partial charge in [-0.05, 0) is 78.2 Å². The maximum atomic E-state index is 5.22. The summed E-state index contributed by atoms with van der Waals surface area (Å²) in [7, 11) is 0. The van der Waals surface area contributed by atoms with Crippen molar-refractivity contribution in [3.63, 3.8) is 0 Å². The van der Waals surface area contributed by atoms with Crippen molar-refractivity contribution in [3.05, 3.63) is 193 Å². The fourth-order valence-electron chi connectivity index (χ4n) is 8.47. The van der Waals surface area contributed by atoms with Crippen LogP contribution in [0, 0.1) is 0 Å². The van der Waals surface area contributed by atoms with E-state index in [2.05, 4.69) is 178 Å². The standard InChI is InChI=1S/C51H36N2/c1-51(2)46-30-26-38(31-45(46)44-27-25-35-15-9-10-18-40(35)49(44)51)39-28-29-43(42-20-12-11-19-41(39)42)48-32-47(52-50(53-48)37-16-7-4-8-17-37)36-23-21-34(22-24-36)33-13-5-3-6-14-33/h3-32H,1-2H3. The first-order valence-corrected chi connectivity index (χ1v) is 18.3. The third-order valence-electron chi connectivity index (χ3n) is 11.1. The summed E-state index contributed by atoms with van der Waals surface area (Å²) in [6.07, 6.45) is 0. The summed E-state index contributed by atoms with van der Waals surface area (Å²) in [5.41, 5.74) is 15.1. The van der Waals surface area contributed by atoms with Gasteiger partial charge >= 0.3 is 0 Å². The highest BCUT2D eigenvalue weighted by atomic mass is 14.9. The summed E-state index contributed by atoms with van der Waals surface area (Å²) in [6, 6.07) is 65.3. The van der Waals surface area contributed by atoms with Crippen LogP contribution in [0.15, 0.2) is 182 Å². The maximum Gasteiger partial charge on any atom is 0.160 e. The van der Waals surface area contributed by atoms with Crippen LogP contribution in [-0.2, 0) is 5.41 Å². The van der Waals surface area contributed by atoms with Crippen molar-refractivity contribution in [3.8, 4) is 67.3 Å². The van der Waals surface area contributed by atoms with Gasteiger partial charge in [-0.15, -0.1) is 0 Å². The highest BCUT2D eigenvalue weighted by Gasteiger charge is 2.37. The Morgan fingerprint density at radius 1 is 0.358 bits per heavy atom. The second-order valence-corrected chi connectivity index (χ2v) is 14.6. The second kappa shape index (κ2) is 12.3. The Bertz CT molecular complexity index is 2830. The van der Waals surface area contributed by atoms with Crippen LogP contribution in [-0.4, -0.2) is 9.97 Å². The molecule has 0 radical (unpaired) electrons. The van der Waals surface area contributed by atoms with Gasteiger partial charge in [0.1, 0.15) is 0 Å².